The van der Waals surface area contributed by atoms with Gasteiger partial charge in [-0.2, -0.15) is 0 Å². The number of allylic oxidation sites excluding steroid dienone is 1. The lowest BCUT2D eigenvalue weighted by Gasteiger charge is -2.59. The van der Waals surface area contributed by atoms with Crippen molar-refractivity contribution in [2.45, 2.75) is 52.6 Å². The molecule has 1 heterocycles. The fraction of sp³-hybridized carbons (Fsp3) is 0.667. The third-order valence-corrected chi connectivity index (χ3v) is 7.19. The van der Waals surface area contributed by atoms with Crippen molar-refractivity contribution in [2.24, 2.45) is 22.7 Å². The number of methoxy groups -OCH3 is 1. The number of Topliss-reactive ketones (excluding diaryl/α,β-unsaturated/α-hetero) is 2. The van der Waals surface area contributed by atoms with E-state index in [-0.39, 0.29) is 34.2 Å². The predicted octanol–water partition coefficient (Wildman–Crippen LogP) is 2.67. The highest BCUT2D eigenvalue weighted by Gasteiger charge is 2.67. The molecule has 0 aromatic heterocycles. The molecule has 0 aromatic carbocycles. The molecular weight excluding hydrogens is 348 g/mol. The molecule has 0 amide bonds. The van der Waals surface area contributed by atoms with E-state index in [1.165, 1.54) is 7.11 Å². The van der Waals surface area contributed by atoms with E-state index in [2.05, 4.69) is 6.92 Å². The Labute approximate surface area is 158 Å². The lowest BCUT2D eigenvalue weighted by molar-refractivity contribution is -0.195. The highest BCUT2D eigenvalue weighted by atomic mass is 16.5. The number of esters is 1. The van der Waals surface area contributed by atoms with Crippen LogP contribution in [0.25, 0.3) is 0 Å². The van der Waals surface area contributed by atoms with Gasteiger partial charge in [0.05, 0.1) is 12.7 Å². The monoisotopic (exact) mass is 374 g/mol. The molecule has 4 rings (SSSR count). The second-order valence-corrected chi connectivity index (χ2v) is 8.93. The molecule has 0 spiro atoms. The highest BCUT2D eigenvalue weighted by Crippen LogP contribution is 2.64. The van der Waals surface area contributed by atoms with Crippen molar-refractivity contribution in [3.8, 4) is 0 Å². The number of hydrogen-bond donors (Lipinski definition) is 1. The van der Waals surface area contributed by atoms with Crippen LogP contribution in [0.15, 0.2) is 22.5 Å². The van der Waals surface area contributed by atoms with E-state index in [4.69, 9.17) is 9.47 Å². The summed E-state index contributed by atoms with van der Waals surface area (Å²) < 4.78 is 11.2. The van der Waals surface area contributed by atoms with E-state index in [9.17, 15) is 19.5 Å². The summed E-state index contributed by atoms with van der Waals surface area (Å²) in [5, 5.41) is 11.0. The van der Waals surface area contributed by atoms with E-state index in [0.717, 1.165) is 12.8 Å². The van der Waals surface area contributed by atoms with Gasteiger partial charge in [-0.15, -0.1) is 0 Å². The van der Waals surface area contributed by atoms with E-state index in [1.807, 2.05) is 0 Å². The Hall–Kier alpha value is -1.95. The van der Waals surface area contributed by atoms with Gasteiger partial charge >= 0.3 is 5.97 Å². The Morgan fingerprint density at radius 2 is 1.89 bits per heavy atom. The second-order valence-electron chi connectivity index (χ2n) is 8.93. The van der Waals surface area contributed by atoms with Crippen LogP contribution in [0.5, 0.6) is 0 Å². The lowest BCUT2D eigenvalue weighted by atomic mass is 9.46. The first-order chi connectivity index (χ1) is 12.7. The largest absolute Gasteiger partial charge is 0.507 e. The predicted molar refractivity (Wildman–Crippen MR) is 95.8 cm³/mol. The van der Waals surface area contributed by atoms with Crippen molar-refractivity contribution in [2.75, 3.05) is 13.7 Å². The van der Waals surface area contributed by atoms with Crippen LogP contribution in [0, 0.1) is 22.7 Å². The first-order valence-electron chi connectivity index (χ1n) is 9.66. The van der Waals surface area contributed by atoms with Crippen LogP contribution in [0.1, 0.15) is 46.5 Å². The SMILES string of the molecule is CO[C@@H]1CC2[C@]3(C)CCC[C@]2(C(=O)OC3)C2=C1C(O)=C(C(C)C)C(=O)C2=O. The van der Waals surface area contributed by atoms with E-state index >= 15 is 0 Å². The normalized spacial score (nSPS) is 38.8. The minimum absolute atomic E-state index is 0.110. The number of rotatable bonds is 2. The molecule has 1 saturated carbocycles. The Balaban J connectivity index is 2.05. The standard InChI is InChI=1S/C21H26O6/c1-10(2)13-16(22)14-11(26-4)8-12-20(3)6-5-7-21(12,19(25)27-9-20)15(14)18(24)17(13)23/h10-12,22H,5-9H2,1-4H3/t11-,12?,20-,21-/m1/s1. The van der Waals surface area contributed by atoms with Crippen molar-refractivity contribution in [1.82, 2.24) is 0 Å². The maximum absolute atomic E-state index is 13.3. The first-order valence-corrected chi connectivity index (χ1v) is 9.66. The maximum Gasteiger partial charge on any atom is 0.317 e. The van der Waals surface area contributed by atoms with Crippen LogP contribution in [0.4, 0.5) is 0 Å². The summed E-state index contributed by atoms with van der Waals surface area (Å²) in [7, 11) is 1.54. The van der Waals surface area contributed by atoms with Crippen LogP contribution in [-0.4, -0.2) is 42.5 Å². The fourth-order valence-corrected chi connectivity index (χ4v) is 5.94. The Kier molecular flexibility index (Phi) is 3.94. The molecule has 6 nitrogen and oxygen atoms in total. The number of hydrogen-bond acceptors (Lipinski definition) is 6. The minimum atomic E-state index is -1.15. The van der Waals surface area contributed by atoms with Crippen LogP contribution in [0.3, 0.4) is 0 Å². The van der Waals surface area contributed by atoms with Crippen LogP contribution >= 0.6 is 0 Å². The number of aliphatic hydroxyl groups is 1. The number of aliphatic hydroxyl groups excluding tert-OH is 1. The number of cyclic esters (lactones) is 1. The number of carbonyl (C=O) groups is 3. The zero-order valence-electron chi connectivity index (χ0n) is 16.3. The second kappa shape index (κ2) is 5.77. The molecule has 0 radical (unpaired) electrons. The summed E-state index contributed by atoms with van der Waals surface area (Å²) in [5.74, 6) is -2.46. The van der Waals surface area contributed by atoms with Gasteiger partial charge in [0.15, 0.2) is 0 Å². The van der Waals surface area contributed by atoms with E-state index in [1.54, 1.807) is 13.8 Å². The molecule has 146 valence electrons. The van der Waals surface area contributed by atoms with Gasteiger partial charge in [0, 0.05) is 29.2 Å². The molecule has 1 aliphatic heterocycles. The number of ketones is 2. The van der Waals surface area contributed by atoms with Gasteiger partial charge in [0.2, 0.25) is 11.6 Å². The fourth-order valence-electron chi connectivity index (χ4n) is 5.94. The van der Waals surface area contributed by atoms with Crippen molar-refractivity contribution in [3.63, 3.8) is 0 Å². The third kappa shape index (κ3) is 2.13. The van der Waals surface area contributed by atoms with Crippen LogP contribution in [-0.2, 0) is 23.9 Å². The Morgan fingerprint density at radius 3 is 2.52 bits per heavy atom. The molecule has 27 heavy (non-hydrogen) atoms. The van der Waals surface area contributed by atoms with Gasteiger partial charge in [-0.05, 0) is 31.1 Å². The van der Waals surface area contributed by atoms with Gasteiger partial charge < -0.3 is 14.6 Å². The lowest BCUT2D eigenvalue weighted by Crippen LogP contribution is -2.62. The zero-order valence-corrected chi connectivity index (χ0v) is 16.3. The summed E-state index contributed by atoms with van der Waals surface area (Å²) in [4.78, 5) is 39.2. The minimum Gasteiger partial charge on any atom is -0.507 e. The van der Waals surface area contributed by atoms with Gasteiger partial charge in [-0.25, -0.2) is 0 Å². The number of ether oxygens (including phenoxy) is 2. The average molecular weight is 374 g/mol. The van der Waals surface area contributed by atoms with Crippen LogP contribution < -0.4 is 0 Å². The van der Waals surface area contributed by atoms with Gasteiger partial charge in [-0.3, -0.25) is 14.4 Å². The number of carbonyl (C=O) groups excluding carboxylic acids is 3. The third-order valence-electron chi connectivity index (χ3n) is 7.19. The molecule has 4 atom stereocenters. The topological polar surface area (TPSA) is 89.9 Å². The van der Waals surface area contributed by atoms with Crippen molar-refractivity contribution < 1.29 is 29.0 Å². The molecule has 4 aliphatic rings. The molecule has 2 fully saturated rings. The maximum atomic E-state index is 13.3. The van der Waals surface area contributed by atoms with E-state index < -0.39 is 29.1 Å². The first kappa shape index (κ1) is 18.4. The summed E-state index contributed by atoms with van der Waals surface area (Å²) >= 11 is 0. The smallest absolute Gasteiger partial charge is 0.317 e. The Morgan fingerprint density at radius 1 is 1.19 bits per heavy atom. The highest BCUT2D eigenvalue weighted by molar-refractivity contribution is 6.51. The summed E-state index contributed by atoms with van der Waals surface area (Å²) in [6, 6.07) is 0. The molecule has 3 aliphatic carbocycles. The Bertz CT molecular complexity index is 819. The molecule has 0 aromatic rings. The molecule has 6 heteroatoms. The zero-order chi connectivity index (χ0) is 19.7. The molecule has 1 unspecified atom stereocenters. The molecule has 1 saturated heterocycles. The van der Waals surface area contributed by atoms with E-state index in [0.29, 0.717) is 25.0 Å². The van der Waals surface area contributed by atoms with Crippen molar-refractivity contribution in [3.05, 3.63) is 22.5 Å². The van der Waals surface area contributed by atoms with Crippen molar-refractivity contribution in [1.29, 1.82) is 0 Å². The summed E-state index contributed by atoms with van der Waals surface area (Å²) in [6.45, 7) is 5.93. The molecular formula is C21H26O6. The van der Waals surface area contributed by atoms with Gasteiger partial charge in [-0.1, -0.05) is 27.2 Å². The summed E-state index contributed by atoms with van der Waals surface area (Å²) in [6.07, 6.45) is 2.14. The van der Waals surface area contributed by atoms with Gasteiger partial charge in [0.25, 0.3) is 0 Å². The van der Waals surface area contributed by atoms with Gasteiger partial charge in [0.1, 0.15) is 11.2 Å². The van der Waals surface area contributed by atoms with Crippen LogP contribution in [0.2, 0.25) is 0 Å². The quantitative estimate of drug-likeness (QED) is 0.454. The molecule has 1 N–H and O–H groups in total. The summed E-state index contributed by atoms with van der Waals surface area (Å²) in [5.41, 5.74) is -0.849. The average Bonchev–Trinajstić information content (AvgIpc) is 2.62. The van der Waals surface area contributed by atoms with Crippen molar-refractivity contribution >= 4 is 17.5 Å². The molecule has 2 bridgehead atoms.